The highest BCUT2D eigenvalue weighted by molar-refractivity contribution is 5.89. The molecule has 1 aliphatic rings. The van der Waals surface area contributed by atoms with Gasteiger partial charge in [-0.3, -0.25) is 4.98 Å². The number of rotatable bonds is 5. The molecule has 2 amide bonds. The number of halogens is 2. The molecular formula is C19H25F2N3O7. The van der Waals surface area contributed by atoms with E-state index in [1.54, 1.807) is 27.7 Å². The van der Waals surface area contributed by atoms with Gasteiger partial charge in [-0.15, -0.1) is 0 Å². The van der Waals surface area contributed by atoms with Crippen LogP contribution >= 0.6 is 0 Å². The Morgan fingerprint density at radius 2 is 1.55 bits per heavy atom. The van der Waals surface area contributed by atoms with E-state index in [1.807, 2.05) is 0 Å². The lowest BCUT2D eigenvalue weighted by Gasteiger charge is -2.34. The fourth-order valence-corrected chi connectivity index (χ4v) is 2.13. The van der Waals surface area contributed by atoms with Gasteiger partial charge in [0.1, 0.15) is 11.9 Å². The van der Waals surface area contributed by atoms with Crippen molar-refractivity contribution in [1.82, 2.24) is 4.98 Å². The molecule has 31 heavy (non-hydrogen) atoms. The van der Waals surface area contributed by atoms with Crippen LogP contribution in [-0.4, -0.2) is 54.5 Å². The first-order valence-electron chi connectivity index (χ1n) is 9.32. The number of hydrogen-bond acceptors (Lipinski definition) is 8. The second-order valence-corrected chi connectivity index (χ2v) is 6.97. The first-order valence-corrected chi connectivity index (χ1v) is 9.32. The summed E-state index contributed by atoms with van der Waals surface area (Å²) in [5, 5.41) is 6.01. The van der Waals surface area contributed by atoms with Crippen LogP contribution < -0.4 is 4.74 Å². The number of hydrogen-bond donors (Lipinski definition) is 0. The van der Waals surface area contributed by atoms with E-state index in [9.17, 15) is 23.2 Å². The smallest absolute Gasteiger partial charge is 0.452 e. The van der Waals surface area contributed by atoms with E-state index in [0.717, 1.165) is 0 Å². The molecule has 172 valence electrons. The Hall–Kier alpha value is -3.18. The van der Waals surface area contributed by atoms with Crippen molar-refractivity contribution in [3.05, 3.63) is 24.0 Å². The molecule has 0 unspecified atom stereocenters. The van der Waals surface area contributed by atoms with E-state index >= 15 is 0 Å². The number of carbonyl (C=O) groups excluding carboxylic acids is 3. The molecule has 0 N–H and O–H groups in total. The summed E-state index contributed by atoms with van der Waals surface area (Å²) in [6.07, 6.45) is -0.784. The molecule has 0 aromatic carbocycles. The number of carbonyl (C=O) groups is 3. The number of methoxy groups -OCH3 is 1. The van der Waals surface area contributed by atoms with Crippen molar-refractivity contribution in [1.29, 1.82) is 0 Å². The highest BCUT2D eigenvalue weighted by Crippen LogP contribution is 2.39. The summed E-state index contributed by atoms with van der Waals surface area (Å²) in [5.74, 6) is -2.87. The van der Waals surface area contributed by atoms with Gasteiger partial charge in [0.2, 0.25) is 0 Å². The Balaban J connectivity index is 0.000000318. The lowest BCUT2D eigenvalue weighted by Crippen LogP contribution is -2.43. The zero-order valence-electron chi connectivity index (χ0n) is 17.8. The van der Waals surface area contributed by atoms with E-state index in [2.05, 4.69) is 29.4 Å². The molecule has 0 saturated heterocycles. The lowest BCUT2D eigenvalue weighted by atomic mass is 9.91. The third-order valence-corrected chi connectivity index (χ3v) is 3.38. The molecule has 1 aromatic heterocycles. The predicted molar refractivity (Wildman–Crippen MR) is 102 cm³/mol. The first-order chi connectivity index (χ1) is 14.4. The van der Waals surface area contributed by atoms with Gasteiger partial charge >= 0.3 is 18.2 Å². The molecular weight excluding hydrogens is 420 g/mol. The minimum Gasteiger partial charge on any atom is -0.488 e. The number of alkyl halides is 2. The van der Waals surface area contributed by atoms with Gasteiger partial charge in [-0.2, -0.15) is 0 Å². The molecule has 0 aliphatic heterocycles. The quantitative estimate of drug-likeness (QED) is 0.366. The molecule has 1 aromatic rings. The Labute approximate surface area is 177 Å². The topological polar surface area (TPSA) is 126 Å². The Morgan fingerprint density at radius 1 is 1.03 bits per heavy atom. The minimum atomic E-state index is -2.63. The average molecular weight is 445 g/mol. The summed E-state index contributed by atoms with van der Waals surface area (Å²) in [4.78, 5) is 36.5. The summed E-state index contributed by atoms with van der Waals surface area (Å²) in [5.41, 5.74) is 0.232. The van der Waals surface area contributed by atoms with E-state index in [4.69, 9.17) is 4.74 Å². The average Bonchev–Trinajstić information content (AvgIpc) is 2.64. The Kier molecular flexibility index (Phi) is 9.90. The maximum atomic E-state index is 12.6. The van der Waals surface area contributed by atoms with Crippen LogP contribution in [0.4, 0.5) is 18.4 Å². The molecule has 0 bridgehead atoms. The van der Waals surface area contributed by atoms with Crippen LogP contribution in [0.5, 0.6) is 5.75 Å². The number of pyridine rings is 1. The van der Waals surface area contributed by atoms with Gasteiger partial charge in [0, 0.05) is 19.0 Å². The molecule has 2 rings (SSSR count). The van der Waals surface area contributed by atoms with Crippen molar-refractivity contribution in [3.63, 3.8) is 0 Å². The standard InChI is InChI=1S/C11H11F2NO3.C8H14N2O4/c1-16-10(15)7-2-8(6-14-5-7)17-9-3-11(12,13)4-9;1-5(2)13-7(11)9-10-8(12)14-6(3)4/h2,5-6,9H,3-4H2,1H3;5-6H,1-4H3. The lowest BCUT2D eigenvalue weighted by molar-refractivity contribution is -0.134. The van der Waals surface area contributed by atoms with Gasteiger partial charge in [0.25, 0.3) is 5.92 Å². The summed E-state index contributed by atoms with van der Waals surface area (Å²) in [7, 11) is 1.25. The predicted octanol–water partition coefficient (Wildman–Crippen LogP) is 4.57. The zero-order chi connectivity index (χ0) is 23.6. The van der Waals surface area contributed by atoms with Crippen molar-refractivity contribution in [2.75, 3.05) is 7.11 Å². The van der Waals surface area contributed by atoms with E-state index in [0.29, 0.717) is 5.75 Å². The van der Waals surface area contributed by atoms with Gasteiger partial charge in [-0.05, 0) is 33.8 Å². The molecule has 1 fully saturated rings. The molecule has 12 heteroatoms. The van der Waals surface area contributed by atoms with Crippen LogP contribution in [0.2, 0.25) is 0 Å². The third kappa shape index (κ3) is 10.4. The number of ether oxygens (including phenoxy) is 4. The van der Waals surface area contributed by atoms with Gasteiger partial charge < -0.3 is 18.9 Å². The Bertz CT molecular complexity index is 768. The summed E-state index contributed by atoms with van der Waals surface area (Å²) in [6, 6.07) is 1.43. The number of azo groups is 1. The molecule has 10 nitrogen and oxygen atoms in total. The van der Waals surface area contributed by atoms with Crippen molar-refractivity contribution >= 4 is 18.2 Å². The van der Waals surface area contributed by atoms with Crippen molar-refractivity contribution in [2.24, 2.45) is 10.2 Å². The fourth-order valence-electron chi connectivity index (χ4n) is 2.13. The van der Waals surface area contributed by atoms with E-state index < -0.39 is 30.2 Å². The number of nitrogens with zero attached hydrogens (tertiary/aromatic N) is 3. The molecule has 0 radical (unpaired) electrons. The van der Waals surface area contributed by atoms with Crippen LogP contribution in [0.3, 0.4) is 0 Å². The SMILES string of the molecule is CC(C)OC(=O)N=NC(=O)OC(C)C.COC(=O)c1cncc(OC2CC(F)(F)C2)c1. The summed E-state index contributed by atoms with van der Waals surface area (Å²) >= 11 is 0. The van der Waals surface area contributed by atoms with Crippen LogP contribution in [0.25, 0.3) is 0 Å². The van der Waals surface area contributed by atoms with Crippen LogP contribution in [-0.2, 0) is 14.2 Å². The molecule has 1 heterocycles. The second-order valence-electron chi connectivity index (χ2n) is 6.97. The van der Waals surface area contributed by atoms with E-state index in [1.165, 1.54) is 25.6 Å². The fraction of sp³-hybridized carbons (Fsp3) is 0.579. The van der Waals surface area contributed by atoms with Crippen LogP contribution in [0.15, 0.2) is 28.7 Å². The molecule has 0 spiro atoms. The highest BCUT2D eigenvalue weighted by Gasteiger charge is 2.47. The van der Waals surface area contributed by atoms with Crippen molar-refractivity contribution < 1.29 is 42.1 Å². The second kappa shape index (κ2) is 11.9. The number of amides is 2. The van der Waals surface area contributed by atoms with Gasteiger partial charge in [0.05, 0.1) is 31.1 Å². The van der Waals surface area contributed by atoms with Gasteiger partial charge in [-0.25, -0.2) is 23.2 Å². The maximum Gasteiger partial charge on any atom is 0.452 e. The van der Waals surface area contributed by atoms with Crippen LogP contribution in [0, 0.1) is 0 Å². The third-order valence-electron chi connectivity index (χ3n) is 3.38. The van der Waals surface area contributed by atoms with Gasteiger partial charge in [-0.1, -0.05) is 10.2 Å². The Morgan fingerprint density at radius 3 is 1.97 bits per heavy atom. The minimum absolute atomic E-state index is 0.232. The molecule has 1 saturated carbocycles. The van der Waals surface area contributed by atoms with Gasteiger partial charge in [0.15, 0.2) is 0 Å². The van der Waals surface area contributed by atoms with E-state index in [-0.39, 0.29) is 30.6 Å². The van der Waals surface area contributed by atoms with Crippen LogP contribution in [0.1, 0.15) is 50.9 Å². The number of aromatic nitrogens is 1. The molecule has 0 atom stereocenters. The first kappa shape index (κ1) is 25.9. The largest absolute Gasteiger partial charge is 0.488 e. The maximum absolute atomic E-state index is 12.6. The monoisotopic (exact) mass is 445 g/mol. The molecule has 1 aliphatic carbocycles. The summed E-state index contributed by atoms with van der Waals surface area (Å²) in [6.45, 7) is 6.67. The van der Waals surface area contributed by atoms with Crippen molar-refractivity contribution in [3.8, 4) is 5.75 Å². The normalized spacial score (nSPS) is 15.0. The highest BCUT2D eigenvalue weighted by atomic mass is 19.3. The van der Waals surface area contributed by atoms with Crippen molar-refractivity contribution in [2.45, 2.75) is 64.8 Å². The summed E-state index contributed by atoms with van der Waals surface area (Å²) < 4.78 is 44.1. The zero-order valence-corrected chi connectivity index (χ0v) is 17.8. The number of esters is 1.